The van der Waals surface area contributed by atoms with Crippen molar-refractivity contribution in [1.82, 2.24) is 4.98 Å². The van der Waals surface area contributed by atoms with Gasteiger partial charge in [0, 0.05) is 24.7 Å². The van der Waals surface area contributed by atoms with Gasteiger partial charge in [0.25, 0.3) is 0 Å². The number of ether oxygens (including phenoxy) is 1. The van der Waals surface area contributed by atoms with Gasteiger partial charge in [-0.1, -0.05) is 36.4 Å². The molecule has 7 rings (SSSR count). The highest BCUT2D eigenvalue weighted by molar-refractivity contribution is 6.43. The smallest absolute Gasteiger partial charge is 0.455 e. The minimum Gasteiger partial charge on any atom is -0.508 e. The van der Waals surface area contributed by atoms with Gasteiger partial charge in [-0.05, 0) is 121 Å². The van der Waals surface area contributed by atoms with Gasteiger partial charge in [-0.15, -0.1) is 0 Å². The molecular weight excluding hydrogens is 617 g/mol. The first-order valence-corrected chi connectivity index (χ1v) is 16.6. The van der Waals surface area contributed by atoms with Crippen LogP contribution in [0.15, 0.2) is 114 Å². The molecule has 0 unspecified atom stereocenters. The van der Waals surface area contributed by atoms with Gasteiger partial charge < -0.3 is 24.8 Å². The summed E-state index contributed by atoms with van der Waals surface area (Å²) in [5.74, 6) is -1.82. The predicted octanol–water partition coefficient (Wildman–Crippen LogP) is 6.50. The normalized spacial score (nSPS) is 22.3. The average Bonchev–Trinajstić information content (AvgIpc) is 3.36. The highest BCUT2D eigenvalue weighted by atomic mass is 16.5. The van der Waals surface area contributed by atoms with Gasteiger partial charge in [-0.2, -0.15) is 0 Å². The second-order valence-corrected chi connectivity index (χ2v) is 12.8. The van der Waals surface area contributed by atoms with Gasteiger partial charge in [0.1, 0.15) is 5.75 Å². The number of phenols is 1. The Kier molecular flexibility index (Phi) is 9.44. The molecular formula is C39H38BN3O6. The molecule has 1 aliphatic carbocycles. The number of aromatic hydroxyl groups is 1. The van der Waals surface area contributed by atoms with Crippen molar-refractivity contribution in [3.05, 3.63) is 126 Å². The van der Waals surface area contributed by atoms with Crippen LogP contribution in [-0.4, -0.2) is 53.9 Å². The van der Waals surface area contributed by atoms with Crippen LogP contribution in [0, 0.1) is 17.8 Å². The maximum absolute atomic E-state index is 14.2. The van der Waals surface area contributed by atoms with Crippen molar-refractivity contribution in [2.45, 2.75) is 31.7 Å². The molecule has 4 aromatic rings. The van der Waals surface area contributed by atoms with E-state index in [-0.39, 0.29) is 29.8 Å². The second kappa shape index (κ2) is 14.2. The van der Waals surface area contributed by atoms with E-state index in [1.807, 2.05) is 72.8 Å². The van der Waals surface area contributed by atoms with Crippen molar-refractivity contribution in [3.63, 3.8) is 0 Å². The number of hydrogen-bond donors (Lipinski definition) is 3. The molecule has 2 saturated heterocycles. The number of phenolic OH excluding ortho intramolecular Hbond substituents is 1. The Bertz CT molecular complexity index is 1880. The minimum atomic E-state index is -1.09. The molecule has 3 heterocycles. The zero-order chi connectivity index (χ0) is 33.9. The molecule has 49 heavy (non-hydrogen) atoms. The number of benzene rings is 3. The Balaban J connectivity index is 1.16. The standard InChI is InChI=1S/C39H38BN3O6/c1-48-24-27-22-32-37(39(46)43(38(32)45)30-16-14-29(15-17-30)42-28-9-3-2-4-10-28)33-23-40(47)49-35(36(27)33)18-13-26(34-12-5-6-19-41-34)20-25-8-7-11-31(44)21-25/h2-12,14-17,19-21,32-33,35,37,42,44,47H,13,18,22-24H2,1H3/b26-20-/t32-,33+,35-,37-/m1/s1. The molecule has 3 aromatic carbocycles. The Labute approximate surface area is 286 Å². The van der Waals surface area contributed by atoms with Crippen LogP contribution in [0.3, 0.4) is 0 Å². The van der Waals surface area contributed by atoms with E-state index in [0.717, 1.165) is 39.4 Å². The number of pyridine rings is 1. The summed E-state index contributed by atoms with van der Waals surface area (Å²) in [6.45, 7) is 0.304. The number of carbonyl (C=O) groups is 2. The first-order valence-electron chi connectivity index (χ1n) is 16.6. The lowest BCUT2D eigenvalue weighted by molar-refractivity contribution is -0.122. The number of rotatable bonds is 10. The number of aromatic nitrogens is 1. The highest BCUT2D eigenvalue weighted by Crippen LogP contribution is 2.51. The molecule has 0 bridgehead atoms. The second-order valence-electron chi connectivity index (χ2n) is 12.8. The lowest BCUT2D eigenvalue weighted by Crippen LogP contribution is -2.46. The quantitative estimate of drug-likeness (QED) is 0.101. The molecule has 0 radical (unpaired) electrons. The Morgan fingerprint density at radius 2 is 1.76 bits per heavy atom. The number of amides is 2. The number of carbonyl (C=O) groups excluding carboxylic acids is 2. The topological polar surface area (TPSA) is 121 Å². The number of anilines is 3. The van der Waals surface area contributed by atoms with E-state index >= 15 is 0 Å². The van der Waals surface area contributed by atoms with E-state index in [0.29, 0.717) is 31.6 Å². The van der Waals surface area contributed by atoms with E-state index in [1.54, 1.807) is 43.6 Å². The molecule has 0 saturated carbocycles. The molecule has 248 valence electrons. The molecule has 3 aliphatic rings. The van der Waals surface area contributed by atoms with E-state index in [2.05, 4.69) is 10.3 Å². The summed E-state index contributed by atoms with van der Waals surface area (Å²) in [7, 11) is 0.535. The predicted molar refractivity (Wildman–Crippen MR) is 190 cm³/mol. The van der Waals surface area contributed by atoms with Crippen LogP contribution in [0.4, 0.5) is 17.1 Å². The summed E-state index contributed by atoms with van der Waals surface area (Å²) < 4.78 is 11.8. The molecule has 4 atom stereocenters. The fourth-order valence-corrected chi connectivity index (χ4v) is 7.64. The van der Waals surface area contributed by atoms with E-state index < -0.39 is 25.1 Å². The zero-order valence-corrected chi connectivity index (χ0v) is 27.2. The number of methoxy groups -OCH3 is 1. The van der Waals surface area contributed by atoms with Crippen molar-refractivity contribution in [1.29, 1.82) is 0 Å². The van der Waals surface area contributed by atoms with E-state index in [1.165, 1.54) is 4.90 Å². The van der Waals surface area contributed by atoms with Crippen molar-refractivity contribution >= 4 is 47.6 Å². The number of hydrogen-bond acceptors (Lipinski definition) is 8. The fraction of sp³-hybridized carbons (Fsp3) is 0.256. The number of nitrogens with zero attached hydrogens (tertiary/aromatic N) is 2. The SMILES string of the molecule is COCC1=C2[C@@H](CC/C(=C/c3cccc(O)c3)c3ccccn3)OB(O)C[C@@H]2[C@@H]2C(=O)N(c3ccc(Nc4ccccc4)cc3)C(=O)[C@@H]2C1. The van der Waals surface area contributed by atoms with Crippen molar-refractivity contribution in [2.75, 3.05) is 23.9 Å². The summed E-state index contributed by atoms with van der Waals surface area (Å²) >= 11 is 0. The van der Waals surface area contributed by atoms with Gasteiger partial charge in [-0.25, -0.2) is 0 Å². The number of allylic oxidation sites excluding steroid dienone is 1. The van der Waals surface area contributed by atoms with Gasteiger partial charge in [0.05, 0.1) is 35.9 Å². The van der Waals surface area contributed by atoms with Gasteiger partial charge in [0.2, 0.25) is 11.8 Å². The van der Waals surface area contributed by atoms with Crippen molar-refractivity contribution < 1.29 is 29.1 Å². The van der Waals surface area contributed by atoms with Crippen LogP contribution in [-0.2, 0) is 19.0 Å². The third-order valence-corrected chi connectivity index (χ3v) is 9.70. The van der Waals surface area contributed by atoms with Gasteiger partial charge >= 0.3 is 7.12 Å². The van der Waals surface area contributed by atoms with E-state index in [4.69, 9.17) is 9.39 Å². The van der Waals surface area contributed by atoms with Crippen molar-refractivity contribution in [3.8, 4) is 5.75 Å². The lowest BCUT2D eigenvalue weighted by Gasteiger charge is -2.43. The zero-order valence-electron chi connectivity index (χ0n) is 27.2. The first-order chi connectivity index (χ1) is 23.9. The number of fused-ring (bicyclic) bond motifs is 3. The molecule has 9 nitrogen and oxygen atoms in total. The van der Waals surface area contributed by atoms with Crippen LogP contribution in [0.5, 0.6) is 5.75 Å². The summed E-state index contributed by atoms with van der Waals surface area (Å²) in [6, 6.07) is 29.9. The summed E-state index contributed by atoms with van der Waals surface area (Å²) in [4.78, 5) is 34.1. The third kappa shape index (κ3) is 6.80. The fourth-order valence-electron chi connectivity index (χ4n) is 7.64. The Hall–Kier alpha value is -5.03. The summed E-state index contributed by atoms with van der Waals surface area (Å²) in [5.41, 5.74) is 6.79. The molecule has 2 amide bonds. The molecule has 0 spiro atoms. The van der Waals surface area contributed by atoms with E-state index in [9.17, 15) is 19.7 Å². The van der Waals surface area contributed by atoms with Crippen LogP contribution in [0.1, 0.15) is 30.5 Å². The van der Waals surface area contributed by atoms with Gasteiger partial charge in [-0.3, -0.25) is 19.5 Å². The van der Waals surface area contributed by atoms with Crippen LogP contribution in [0.25, 0.3) is 11.6 Å². The molecule has 2 fully saturated rings. The molecule has 1 aromatic heterocycles. The Morgan fingerprint density at radius 3 is 2.49 bits per heavy atom. The molecule has 10 heteroatoms. The van der Waals surface area contributed by atoms with Crippen LogP contribution < -0.4 is 10.2 Å². The third-order valence-electron chi connectivity index (χ3n) is 9.70. The largest absolute Gasteiger partial charge is 0.508 e. The lowest BCUT2D eigenvalue weighted by atomic mass is 9.58. The summed E-state index contributed by atoms with van der Waals surface area (Å²) in [5, 5.41) is 24.5. The average molecular weight is 656 g/mol. The molecule has 3 N–H and O–H groups in total. The first kappa shape index (κ1) is 32.5. The Morgan fingerprint density at radius 1 is 0.980 bits per heavy atom. The maximum Gasteiger partial charge on any atom is 0.455 e. The van der Waals surface area contributed by atoms with Crippen LogP contribution in [0.2, 0.25) is 6.32 Å². The number of imide groups is 1. The van der Waals surface area contributed by atoms with Crippen LogP contribution >= 0.6 is 0 Å². The highest BCUT2D eigenvalue weighted by Gasteiger charge is 2.57. The number of para-hydroxylation sites is 1. The van der Waals surface area contributed by atoms with Gasteiger partial charge in [0.15, 0.2) is 0 Å². The summed E-state index contributed by atoms with van der Waals surface area (Å²) in [6.07, 6.45) is 4.92. The molecule has 2 aliphatic heterocycles. The number of nitrogens with one attached hydrogen (secondary N) is 1. The van der Waals surface area contributed by atoms with Crippen molar-refractivity contribution in [2.24, 2.45) is 17.8 Å². The maximum atomic E-state index is 14.2. The monoisotopic (exact) mass is 655 g/mol. The minimum absolute atomic E-state index is 0.173.